The number of aromatic amines is 1. The van der Waals surface area contributed by atoms with Crippen LogP contribution < -0.4 is 11.2 Å². The quantitative estimate of drug-likeness (QED) is 0.883. The van der Waals surface area contributed by atoms with E-state index in [9.17, 15) is 9.59 Å². The summed E-state index contributed by atoms with van der Waals surface area (Å²) in [5, 5.41) is 0. The average Bonchev–Trinajstić information content (AvgIpc) is 2.67. The van der Waals surface area contributed by atoms with E-state index in [-0.39, 0.29) is 0 Å². The van der Waals surface area contributed by atoms with Crippen molar-refractivity contribution < 1.29 is 4.42 Å². The summed E-state index contributed by atoms with van der Waals surface area (Å²) in [7, 11) is 0. The molecule has 0 aliphatic carbocycles. The number of hydrogen-bond donors (Lipinski definition) is 1. The third-order valence-corrected chi connectivity index (χ3v) is 2.44. The molecule has 2 aromatic heterocycles. The van der Waals surface area contributed by atoms with E-state index in [2.05, 4.69) is 20.9 Å². The lowest BCUT2D eigenvalue weighted by Crippen LogP contribution is -2.29. The zero-order chi connectivity index (χ0) is 10.8. The molecule has 5 nitrogen and oxygen atoms in total. The number of halogens is 1. The fraction of sp³-hybridized carbons (Fsp3) is 0.111. The molecule has 0 saturated carbocycles. The lowest BCUT2D eigenvalue weighted by atomic mass is 10.4. The maximum absolute atomic E-state index is 11.4. The van der Waals surface area contributed by atoms with Crippen molar-refractivity contribution in [3.63, 3.8) is 0 Å². The van der Waals surface area contributed by atoms with Gasteiger partial charge < -0.3 is 4.42 Å². The fourth-order valence-corrected chi connectivity index (χ4v) is 1.52. The second-order valence-corrected chi connectivity index (χ2v) is 3.80. The summed E-state index contributed by atoms with van der Waals surface area (Å²) in [6.07, 6.45) is 2.96. The van der Waals surface area contributed by atoms with Crippen LogP contribution in [0, 0.1) is 0 Å². The van der Waals surface area contributed by atoms with Crippen molar-refractivity contribution >= 4 is 15.9 Å². The van der Waals surface area contributed by atoms with Gasteiger partial charge in [-0.25, -0.2) is 4.79 Å². The van der Waals surface area contributed by atoms with Crippen LogP contribution in [0.1, 0.15) is 5.76 Å². The molecule has 0 atom stereocenters. The van der Waals surface area contributed by atoms with Crippen LogP contribution in [0.5, 0.6) is 0 Å². The molecule has 2 aromatic rings. The molecule has 0 aliphatic heterocycles. The first kappa shape index (κ1) is 9.97. The molecular weight excluding hydrogens is 264 g/mol. The van der Waals surface area contributed by atoms with Crippen LogP contribution in [0.3, 0.4) is 0 Å². The highest BCUT2D eigenvalue weighted by Gasteiger charge is 2.03. The number of nitrogens with zero attached hydrogens (tertiary/aromatic N) is 1. The van der Waals surface area contributed by atoms with Gasteiger partial charge in [-0.1, -0.05) is 0 Å². The molecule has 0 amide bonds. The minimum atomic E-state index is -0.459. The van der Waals surface area contributed by atoms with Crippen molar-refractivity contribution in [2.75, 3.05) is 0 Å². The Morgan fingerprint density at radius 1 is 1.47 bits per heavy atom. The van der Waals surface area contributed by atoms with Gasteiger partial charge in [-0.05, 0) is 28.1 Å². The van der Waals surface area contributed by atoms with Crippen molar-refractivity contribution in [2.45, 2.75) is 6.54 Å². The number of hydrogen-bond acceptors (Lipinski definition) is 3. The van der Waals surface area contributed by atoms with Crippen LogP contribution in [-0.4, -0.2) is 9.55 Å². The highest BCUT2D eigenvalue weighted by atomic mass is 79.9. The van der Waals surface area contributed by atoms with Gasteiger partial charge in [0.2, 0.25) is 0 Å². The van der Waals surface area contributed by atoms with Crippen LogP contribution in [-0.2, 0) is 6.54 Å². The third-order valence-electron chi connectivity index (χ3n) is 1.87. The van der Waals surface area contributed by atoms with E-state index in [4.69, 9.17) is 4.42 Å². The van der Waals surface area contributed by atoms with E-state index >= 15 is 0 Å². The van der Waals surface area contributed by atoms with Crippen molar-refractivity contribution in [3.8, 4) is 0 Å². The summed E-state index contributed by atoms with van der Waals surface area (Å²) >= 11 is 3.05. The van der Waals surface area contributed by atoms with Crippen LogP contribution in [0.2, 0.25) is 0 Å². The van der Waals surface area contributed by atoms with Crippen LogP contribution >= 0.6 is 15.9 Å². The Bertz CT molecular complexity index is 568. The SMILES string of the molecule is O=c1[nH]c(=O)n(Cc2ccco2)cc1Br. The molecule has 2 heterocycles. The van der Waals surface area contributed by atoms with E-state index in [1.54, 1.807) is 12.1 Å². The molecule has 0 fully saturated rings. The molecule has 2 rings (SSSR count). The van der Waals surface area contributed by atoms with Crippen LogP contribution in [0.4, 0.5) is 0 Å². The number of nitrogens with one attached hydrogen (secondary N) is 1. The van der Waals surface area contributed by atoms with Crippen molar-refractivity contribution in [2.24, 2.45) is 0 Å². The number of furan rings is 1. The minimum absolute atomic E-state index is 0.293. The first-order chi connectivity index (χ1) is 7.16. The van der Waals surface area contributed by atoms with Gasteiger partial charge in [0.1, 0.15) is 5.76 Å². The monoisotopic (exact) mass is 270 g/mol. The first-order valence-electron chi connectivity index (χ1n) is 4.18. The predicted octanol–water partition coefficient (Wildman–Crippen LogP) is 0.940. The molecule has 0 radical (unpaired) electrons. The summed E-state index contributed by atoms with van der Waals surface area (Å²) in [6, 6.07) is 3.49. The highest BCUT2D eigenvalue weighted by molar-refractivity contribution is 9.10. The minimum Gasteiger partial charge on any atom is -0.467 e. The Morgan fingerprint density at radius 3 is 2.93 bits per heavy atom. The van der Waals surface area contributed by atoms with Gasteiger partial charge in [-0.3, -0.25) is 14.3 Å². The molecule has 0 aliphatic rings. The highest BCUT2D eigenvalue weighted by Crippen LogP contribution is 2.03. The lowest BCUT2D eigenvalue weighted by molar-refractivity contribution is 0.486. The second kappa shape index (κ2) is 3.90. The topological polar surface area (TPSA) is 68.0 Å². The summed E-state index contributed by atoms with van der Waals surface area (Å²) in [4.78, 5) is 24.6. The van der Waals surface area contributed by atoms with Crippen molar-refractivity contribution in [1.29, 1.82) is 0 Å². The Morgan fingerprint density at radius 2 is 2.27 bits per heavy atom. The molecule has 15 heavy (non-hydrogen) atoms. The largest absolute Gasteiger partial charge is 0.467 e. The fourth-order valence-electron chi connectivity index (χ4n) is 1.17. The van der Waals surface area contributed by atoms with E-state index in [1.165, 1.54) is 17.0 Å². The van der Waals surface area contributed by atoms with Gasteiger partial charge in [0.25, 0.3) is 5.56 Å². The molecule has 0 bridgehead atoms. The molecule has 0 unspecified atom stereocenters. The van der Waals surface area contributed by atoms with Gasteiger partial charge >= 0.3 is 5.69 Å². The van der Waals surface area contributed by atoms with E-state index in [0.717, 1.165) is 0 Å². The van der Waals surface area contributed by atoms with Crippen LogP contribution in [0.15, 0.2) is 43.1 Å². The maximum Gasteiger partial charge on any atom is 0.328 e. The van der Waals surface area contributed by atoms with E-state index in [0.29, 0.717) is 16.8 Å². The standard InChI is InChI=1S/C9H7BrN2O3/c10-7-5-12(9(14)11-8(7)13)4-6-2-1-3-15-6/h1-3,5H,4H2,(H,11,13,14). The zero-order valence-electron chi connectivity index (χ0n) is 7.57. The molecule has 0 aromatic carbocycles. The normalized spacial score (nSPS) is 10.5. The van der Waals surface area contributed by atoms with Gasteiger partial charge in [0, 0.05) is 6.20 Å². The molecular formula is C9H7BrN2O3. The summed E-state index contributed by atoms with van der Waals surface area (Å²) in [6.45, 7) is 0.293. The molecule has 0 saturated heterocycles. The summed E-state index contributed by atoms with van der Waals surface area (Å²) in [5.41, 5.74) is -0.893. The van der Waals surface area contributed by atoms with E-state index < -0.39 is 11.2 Å². The molecule has 6 heteroatoms. The Kier molecular flexibility index (Phi) is 2.59. The first-order valence-corrected chi connectivity index (χ1v) is 4.98. The molecule has 0 spiro atoms. The van der Waals surface area contributed by atoms with Gasteiger partial charge in [0.05, 0.1) is 17.3 Å². The Balaban J connectivity index is 2.42. The Labute approximate surface area is 92.5 Å². The molecule has 1 N–H and O–H groups in total. The summed E-state index contributed by atoms with van der Waals surface area (Å²) < 4.78 is 6.76. The summed E-state index contributed by atoms with van der Waals surface area (Å²) in [5.74, 6) is 0.649. The second-order valence-electron chi connectivity index (χ2n) is 2.94. The number of aromatic nitrogens is 2. The average molecular weight is 271 g/mol. The smallest absolute Gasteiger partial charge is 0.328 e. The van der Waals surface area contributed by atoms with E-state index in [1.807, 2.05) is 0 Å². The van der Waals surface area contributed by atoms with Gasteiger partial charge in [0.15, 0.2) is 0 Å². The molecule has 78 valence electrons. The Hall–Kier alpha value is -1.56. The number of rotatable bonds is 2. The van der Waals surface area contributed by atoms with Gasteiger partial charge in [-0.2, -0.15) is 0 Å². The zero-order valence-corrected chi connectivity index (χ0v) is 9.15. The van der Waals surface area contributed by atoms with Crippen LogP contribution in [0.25, 0.3) is 0 Å². The van der Waals surface area contributed by atoms with Crippen molar-refractivity contribution in [3.05, 3.63) is 55.7 Å². The lowest BCUT2D eigenvalue weighted by Gasteiger charge is -2.02. The maximum atomic E-state index is 11.4. The van der Waals surface area contributed by atoms with Gasteiger partial charge in [-0.15, -0.1) is 0 Å². The predicted molar refractivity (Wildman–Crippen MR) is 56.8 cm³/mol. The third kappa shape index (κ3) is 2.10. The van der Waals surface area contributed by atoms with Crippen molar-refractivity contribution in [1.82, 2.24) is 9.55 Å². The number of H-pyrrole nitrogens is 1.